The van der Waals surface area contributed by atoms with Gasteiger partial charge in [-0.25, -0.2) is 0 Å². The molecule has 0 saturated heterocycles. The molecule has 0 aliphatic rings. The summed E-state index contributed by atoms with van der Waals surface area (Å²) >= 11 is 0. The predicted molar refractivity (Wildman–Crippen MR) is 78.0 cm³/mol. The predicted octanol–water partition coefficient (Wildman–Crippen LogP) is 4.59. The quantitative estimate of drug-likeness (QED) is 0.645. The maximum absolute atomic E-state index is 5.06. The highest BCUT2D eigenvalue weighted by atomic mass is 16.5. The van der Waals surface area contributed by atoms with E-state index in [2.05, 4.69) is 42.5 Å². The molecule has 0 radical (unpaired) electrons. The van der Waals surface area contributed by atoms with Crippen LogP contribution in [-0.2, 0) is 11.2 Å². The Labute approximate surface area is 110 Å². The zero-order chi connectivity index (χ0) is 12.6. The van der Waals surface area contributed by atoms with Gasteiger partial charge in [-0.1, -0.05) is 55.3 Å². The molecule has 96 valence electrons. The summed E-state index contributed by atoms with van der Waals surface area (Å²) in [6.45, 7) is 0.897. The number of hydrogen-bond donors (Lipinski definition) is 0. The van der Waals surface area contributed by atoms with Crippen molar-refractivity contribution >= 4 is 10.8 Å². The van der Waals surface area contributed by atoms with Crippen LogP contribution in [0, 0.1) is 0 Å². The van der Waals surface area contributed by atoms with Gasteiger partial charge in [0.2, 0.25) is 0 Å². The topological polar surface area (TPSA) is 9.23 Å². The zero-order valence-electron chi connectivity index (χ0n) is 11.2. The molecule has 0 bridgehead atoms. The summed E-state index contributed by atoms with van der Waals surface area (Å²) in [4.78, 5) is 0. The smallest absolute Gasteiger partial charge is 0.0462 e. The summed E-state index contributed by atoms with van der Waals surface area (Å²) in [7, 11) is 1.77. The van der Waals surface area contributed by atoms with Crippen molar-refractivity contribution in [3.63, 3.8) is 0 Å². The molecule has 0 unspecified atom stereocenters. The molecule has 18 heavy (non-hydrogen) atoms. The molecule has 1 heteroatoms. The minimum atomic E-state index is 0.897. The van der Waals surface area contributed by atoms with Crippen LogP contribution in [0.5, 0.6) is 0 Å². The summed E-state index contributed by atoms with van der Waals surface area (Å²) in [5.74, 6) is 0. The molecule has 0 atom stereocenters. The van der Waals surface area contributed by atoms with E-state index in [-0.39, 0.29) is 0 Å². The zero-order valence-corrected chi connectivity index (χ0v) is 11.2. The summed E-state index contributed by atoms with van der Waals surface area (Å²) in [5.41, 5.74) is 1.49. The highest BCUT2D eigenvalue weighted by Gasteiger charge is 1.99. The largest absolute Gasteiger partial charge is 0.385 e. The van der Waals surface area contributed by atoms with Gasteiger partial charge in [-0.05, 0) is 35.6 Å². The molecule has 1 nitrogen and oxygen atoms in total. The van der Waals surface area contributed by atoms with Crippen molar-refractivity contribution in [1.29, 1.82) is 0 Å². The van der Waals surface area contributed by atoms with Gasteiger partial charge in [-0.3, -0.25) is 0 Å². The maximum atomic E-state index is 5.06. The van der Waals surface area contributed by atoms with Gasteiger partial charge in [0.1, 0.15) is 0 Å². The van der Waals surface area contributed by atoms with Gasteiger partial charge in [0.25, 0.3) is 0 Å². The van der Waals surface area contributed by atoms with Gasteiger partial charge < -0.3 is 4.74 Å². The number of fused-ring (bicyclic) bond motifs is 1. The van der Waals surface area contributed by atoms with Crippen LogP contribution in [0.4, 0.5) is 0 Å². The standard InChI is InChI=1S/C17H22O/c1-18-14-7-3-2-4-9-15-11-8-12-16-10-5-6-13-17(15)16/h5-6,8,10-13H,2-4,7,9,14H2,1H3. The Morgan fingerprint density at radius 3 is 2.50 bits per heavy atom. The second-order valence-electron chi connectivity index (χ2n) is 4.80. The molecule has 0 aromatic heterocycles. The number of unbranched alkanes of at least 4 members (excludes halogenated alkanes) is 3. The Morgan fingerprint density at radius 2 is 1.61 bits per heavy atom. The van der Waals surface area contributed by atoms with Crippen molar-refractivity contribution in [1.82, 2.24) is 0 Å². The lowest BCUT2D eigenvalue weighted by Gasteiger charge is -2.06. The minimum absolute atomic E-state index is 0.897. The molecule has 0 amide bonds. The van der Waals surface area contributed by atoms with E-state index in [1.54, 1.807) is 7.11 Å². The van der Waals surface area contributed by atoms with Crippen molar-refractivity contribution in [3.8, 4) is 0 Å². The first-order valence-corrected chi connectivity index (χ1v) is 6.87. The van der Waals surface area contributed by atoms with Crippen LogP contribution in [0.25, 0.3) is 10.8 Å². The van der Waals surface area contributed by atoms with Crippen LogP contribution in [0.3, 0.4) is 0 Å². The van der Waals surface area contributed by atoms with E-state index >= 15 is 0 Å². The fraction of sp³-hybridized carbons (Fsp3) is 0.412. The lowest BCUT2D eigenvalue weighted by atomic mass is 9.99. The van der Waals surface area contributed by atoms with Crippen molar-refractivity contribution in [2.45, 2.75) is 32.1 Å². The molecule has 2 rings (SSSR count). The number of benzene rings is 2. The molecule has 0 fully saturated rings. The van der Waals surface area contributed by atoms with Crippen LogP contribution in [0.2, 0.25) is 0 Å². The molecule has 2 aromatic carbocycles. The molecule has 0 heterocycles. The van der Waals surface area contributed by atoms with E-state index in [4.69, 9.17) is 4.74 Å². The van der Waals surface area contributed by atoms with Crippen LogP contribution in [0.1, 0.15) is 31.2 Å². The molecular formula is C17H22O. The van der Waals surface area contributed by atoms with Crippen LogP contribution < -0.4 is 0 Å². The molecular weight excluding hydrogens is 220 g/mol. The Morgan fingerprint density at radius 1 is 0.833 bits per heavy atom. The van der Waals surface area contributed by atoms with Crippen molar-refractivity contribution < 1.29 is 4.74 Å². The average molecular weight is 242 g/mol. The SMILES string of the molecule is COCCCCCCc1cccc2ccccc12. The van der Waals surface area contributed by atoms with Crippen molar-refractivity contribution in [3.05, 3.63) is 48.0 Å². The van der Waals surface area contributed by atoms with E-state index < -0.39 is 0 Å². The van der Waals surface area contributed by atoms with Gasteiger partial charge >= 0.3 is 0 Å². The second-order valence-corrected chi connectivity index (χ2v) is 4.80. The monoisotopic (exact) mass is 242 g/mol. The summed E-state index contributed by atoms with van der Waals surface area (Å²) < 4.78 is 5.06. The Balaban J connectivity index is 1.88. The molecule has 0 aliphatic heterocycles. The highest BCUT2D eigenvalue weighted by molar-refractivity contribution is 5.85. The third kappa shape index (κ3) is 3.58. The van der Waals surface area contributed by atoms with Gasteiger partial charge in [0.05, 0.1) is 0 Å². The number of rotatable bonds is 7. The van der Waals surface area contributed by atoms with E-state index in [0.29, 0.717) is 0 Å². The minimum Gasteiger partial charge on any atom is -0.385 e. The van der Waals surface area contributed by atoms with Gasteiger partial charge in [0, 0.05) is 13.7 Å². The lowest BCUT2D eigenvalue weighted by Crippen LogP contribution is -1.91. The third-order valence-corrected chi connectivity index (χ3v) is 3.42. The van der Waals surface area contributed by atoms with Gasteiger partial charge in [-0.15, -0.1) is 0 Å². The molecule has 0 aliphatic carbocycles. The average Bonchev–Trinajstić information content (AvgIpc) is 2.43. The fourth-order valence-corrected chi connectivity index (χ4v) is 2.43. The Bertz CT molecular complexity index is 470. The van der Waals surface area contributed by atoms with Crippen LogP contribution in [-0.4, -0.2) is 13.7 Å². The molecule has 0 spiro atoms. The Hall–Kier alpha value is -1.34. The van der Waals surface area contributed by atoms with Gasteiger partial charge in [-0.2, -0.15) is 0 Å². The van der Waals surface area contributed by atoms with Crippen molar-refractivity contribution in [2.75, 3.05) is 13.7 Å². The summed E-state index contributed by atoms with van der Waals surface area (Å²) in [6.07, 6.45) is 6.23. The van der Waals surface area contributed by atoms with Gasteiger partial charge in [0.15, 0.2) is 0 Å². The van der Waals surface area contributed by atoms with E-state index in [1.165, 1.54) is 48.4 Å². The lowest BCUT2D eigenvalue weighted by molar-refractivity contribution is 0.192. The second kappa shape index (κ2) is 7.17. The van der Waals surface area contributed by atoms with E-state index in [1.807, 2.05) is 0 Å². The first-order valence-electron chi connectivity index (χ1n) is 6.87. The summed E-state index contributed by atoms with van der Waals surface area (Å²) in [6, 6.07) is 15.3. The third-order valence-electron chi connectivity index (χ3n) is 3.42. The number of aryl methyl sites for hydroxylation is 1. The normalized spacial score (nSPS) is 10.9. The fourth-order valence-electron chi connectivity index (χ4n) is 2.43. The Kier molecular flexibility index (Phi) is 5.22. The van der Waals surface area contributed by atoms with E-state index in [0.717, 1.165) is 6.61 Å². The summed E-state index contributed by atoms with van der Waals surface area (Å²) in [5, 5.41) is 2.77. The number of methoxy groups -OCH3 is 1. The first-order chi connectivity index (χ1) is 8.92. The first kappa shape index (κ1) is 13.1. The van der Waals surface area contributed by atoms with Crippen molar-refractivity contribution in [2.24, 2.45) is 0 Å². The number of hydrogen-bond acceptors (Lipinski definition) is 1. The molecule has 0 N–H and O–H groups in total. The van der Waals surface area contributed by atoms with Crippen LogP contribution >= 0.6 is 0 Å². The highest BCUT2D eigenvalue weighted by Crippen LogP contribution is 2.20. The maximum Gasteiger partial charge on any atom is 0.0462 e. The molecule has 0 saturated carbocycles. The number of ether oxygens (including phenoxy) is 1. The van der Waals surface area contributed by atoms with E-state index in [9.17, 15) is 0 Å². The molecule has 2 aromatic rings. The van der Waals surface area contributed by atoms with Crippen LogP contribution in [0.15, 0.2) is 42.5 Å².